The monoisotopic (exact) mass is 277 g/mol. The molecule has 0 spiro atoms. The third-order valence-corrected chi connectivity index (χ3v) is 4.40. The summed E-state index contributed by atoms with van der Waals surface area (Å²) in [5, 5.41) is 0. The van der Waals surface area contributed by atoms with Crippen LogP contribution in [0.15, 0.2) is 17.1 Å². The molecule has 110 valence electrons. The van der Waals surface area contributed by atoms with Gasteiger partial charge in [-0.1, -0.05) is 0 Å². The number of aromatic nitrogens is 1. The van der Waals surface area contributed by atoms with Crippen LogP contribution in [0.2, 0.25) is 0 Å². The van der Waals surface area contributed by atoms with E-state index in [1.54, 1.807) is 18.9 Å². The molecule has 0 atom stereocenters. The molecule has 0 unspecified atom stereocenters. The maximum atomic E-state index is 12.4. The zero-order valence-electron chi connectivity index (χ0n) is 12.7. The number of carbonyl (C=O) groups excluding carboxylic acids is 1. The Morgan fingerprint density at radius 3 is 2.45 bits per heavy atom. The number of amides is 1. The predicted molar refractivity (Wildman–Crippen MR) is 79.0 cm³/mol. The molecular formula is C15H23N3O2. The van der Waals surface area contributed by atoms with E-state index in [0.29, 0.717) is 6.54 Å². The van der Waals surface area contributed by atoms with Crippen LogP contribution in [0.25, 0.3) is 0 Å². The van der Waals surface area contributed by atoms with Crippen molar-refractivity contribution < 1.29 is 4.79 Å². The van der Waals surface area contributed by atoms with Gasteiger partial charge in [-0.25, -0.2) is 0 Å². The highest BCUT2D eigenvalue weighted by Crippen LogP contribution is 2.36. The fourth-order valence-corrected chi connectivity index (χ4v) is 2.79. The number of H-pyrrole nitrogens is 1. The average molecular weight is 277 g/mol. The molecule has 1 fully saturated rings. The fourth-order valence-electron chi connectivity index (χ4n) is 2.79. The summed E-state index contributed by atoms with van der Waals surface area (Å²) in [4.78, 5) is 31.1. The lowest BCUT2D eigenvalue weighted by atomic mass is 9.75. The Hall–Kier alpha value is -1.62. The van der Waals surface area contributed by atoms with Crippen LogP contribution in [0, 0.1) is 6.92 Å². The van der Waals surface area contributed by atoms with Crippen LogP contribution in [0.3, 0.4) is 0 Å². The van der Waals surface area contributed by atoms with Crippen molar-refractivity contribution >= 4 is 5.91 Å². The summed E-state index contributed by atoms with van der Waals surface area (Å²) in [5.41, 5.74) is 0.830. The molecule has 20 heavy (non-hydrogen) atoms. The number of hydrogen-bond donors (Lipinski definition) is 1. The molecule has 0 saturated heterocycles. The zero-order chi connectivity index (χ0) is 14.9. The molecule has 0 aliphatic heterocycles. The smallest absolute Gasteiger partial charge is 0.259 e. The second-order valence-electron chi connectivity index (χ2n) is 6.03. The van der Waals surface area contributed by atoms with Gasteiger partial charge in [0.15, 0.2) is 5.43 Å². The van der Waals surface area contributed by atoms with Gasteiger partial charge in [-0.05, 0) is 40.3 Å². The second kappa shape index (κ2) is 5.40. The van der Waals surface area contributed by atoms with Gasteiger partial charge in [0.05, 0.1) is 0 Å². The summed E-state index contributed by atoms with van der Waals surface area (Å²) in [7, 11) is 5.87. The number of pyridine rings is 1. The fraction of sp³-hybridized carbons (Fsp3) is 0.600. The molecule has 1 aliphatic carbocycles. The SMILES string of the molecule is Cc1cc(=O)c(C(=O)N(C)CC2(N(C)C)CCC2)c[nH]1. The van der Waals surface area contributed by atoms with E-state index in [0.717, 1.165) is 18.5 Å². The standard InChI is InChI=1S/C15H23N3O2/c1-11-8-13(19)12(9-16-11)14(20)18(4)10-15(17(2)3)6-5-7-15/h8-9H,5-7,10H2,1-4H3,(H,16,19). The minimum atomic E-state index is -0.217. The highest BCUT2D eigenvalue weighted by atomic mass is 16.2. The van der Waals surface area contributed by atoms with Crippen LogP contribution in [0.4, 0.5) is 0 Å². The summed E-state index contributed by atoms with van der Waals surface area (Å²) in [6.07, 6.45) is 4.91. The Morgan fingerprint density at radius 1 is 1.35 bits per heavy atom. The predicted octanol–water partition coefficient (Wildman–Crippen LogP) is 1.24. The number of rotatable bonds is 4. The van der Waals surface area contributed by atoms with Crippen molar-refractivity contribution in [3.63, 3.8) is 0 Å². The Balaban J connectivity index is 2.15. The normalized spacial score (nSPS) is 16.9. The summed E-state index contributed by atoms with van der Waals surface area (Å²) >= 11 is 0. The second-order valence-corrected chi connectivity index (χ2v) is 6.03. The van der Waals surface area contributed by atoms with Crippen molar-refractivity contribution in [1.29, 1.82) is 0 Å². The van der Waals surface area contributed by atoms with Crippen LogP contribution in [0.5, 0.6) is 0 Å². The third-order valence-electron chi connectivity index (χ3n) is 4.40. The van der Waals surface area contributed by atoms with Crippen molar-refractivity contribution in [2.75, 3.05) is 27.7 Å². The van der Waals surface area contributed by atoms with Gasteiger partial charge >= 0.3 is 0 Å². The lowest BCUT2D eigenvalue weighted by Crippen LogP contribution is -2.57. The summed E-state index contributed by atoms with van der Waals surface area (Å²) in [6.45, 7) is 2.46. The first-order valence-corrected chi connectivity index (χ1v) is 6.98. The molecule has 1 amide bonds. The quantitative estimate of drug-likeness (QED) is 0.901. The molecule has 5 heteroatoms. The van der Waals surface area contributed by atoms with Crippen LogP contribution in [-0.2, 0) is 0 Å². The minimum Gasteiger partial charge on any atom is -0.364 e. The average Bonchev–Trinajstić information content (AvgIpc) is 2.32. The topological polar surface area (TPSA) is 56.4 Å². The van der Waals surface area contributed by atoms with Gasteiger partial charge in [-0.15, -0.1) is 0 Å². The Bertz CT molecular complexity index is 558. The van der Waals surface area contributed by atoms with E-state index in [2.05, 4.69) is 24.0 Å². The number of likely N-dealkylation sites (N-methyl/N-ethyl adjacent to an activating group) is 2. The van der Waals surface area contributed by atoms with E-state index in [9.17, 15) is 9.59 Å². The van der Waals surface area contributed by atoms with Gasteiger partial charge < -0.3 is 14.8 Å². The highest BCUT2D eigenvalue weighted by molar-refractivity contribution is 5.93. The van der Waals surface area contributed by atoms with E-state index in [-0.39, 0.29) is 22.4 Å². The molecule has 1 heterocycles. The highest BCUT2D eigenvalue weighted by Gasteiger charge is 2.40. The van der Waals surface area contributed by atoms with Gasteiger partial charge in [0, 0.05) is 37.1 Å². The minimum absolute atomic E-state index is 0.0713. The van der Waals surface area contributed by atoms with E-state index in [1.165, 1.54) is 18.7 Å². The number of aromatic amines is 1. The van der Waals surface area contributed by atoms with E-state index in [1.807, 2.05) is 0 Å². The van der Waals surface area contributed by atoms with E-state index < -0.39 is 0 Å². The number of aryl methyl sites for hydroxylation is 1. The molecule has 2 rings (SSSR count). The maximum absolute atomic E-state index is 12.4. The van der Waals surface area contributed by atoms with Gasteiger partial charge in [-0.2, -0.15) is 0 Å². The first kappa shape index (κ1) is 14.8. The molecule has 0 radical (unpaired) electrons. The third kappa shape index (κ3) is 2.63. The molecular weight excluding hydrogens is 254 g/mol. The Kier molecular flexibility index (Phi) is 3.99. The number of carbonyl (C=O) groups is 1. The molecule has 5 nitrogen and oxygen atoms in total. The molecule has 1 aromatic rings. The van der Waals surface area contributed by atoms with Gasteiger partial charge in [0.2, 0.25) is 0 Å². The molecule has 1 aromatic heterocycles. The van der Waals surface area contributed by atoms with Crippen LogP contribution in [-0.4, -0.2) is 53.9 Å². The number of nitrogens with zero attached hydrogens (tertiary/aromatic N) is 2. The molecule has 0 bridgehead atoms. The van der Waals surface area contributed by atoms with Crippen LogP contribution < -0.4 is 5.43 Å². The first-order valence-electron chi connectivity index (χ1n) is 6.98. The van der Waals surface area contributed by atoms with Gasteiger partial charge in [0.25, 0.3) is 5.91 Å². The molecule has 1 N–H and O–H groups in total. The van der Waals surface area contributed by atoms with Crippen molar-refractivity contribution in [2.24, 2.45) is 0 Å². The number of nitrogens with one attached hydrogen (secondary N) is 1. The Labute approximate surface area is 119 Å². The maximum Gasteiger partial charge on any atom is 0.259 e. The van der Waals surface area contributed by atoms with Crippen molar-refractivity contribution in [1.82, 2.24) is 14.8 Å². The Morgan fingerprint density at radius 2 is 2.00 bits per heavy atom. The van der Waals surface area contributed by atoms with Crippen LogP contribution >= 0.6 is 0 Å². The zero-order valence-corrected chi connectivity index (χ0v) is 12.7. The summed E-state index contributed by atoms with van der Waals surface area (Å²) in [6, 6.07) is 1.46. The summed E-state index contributed by atoms with van der Waals surface area (Å²) < 4.78 is 0. The van der Waals surface area contributed by atoms with Crippen molar-refractivity contribution in [3.8, 4) is 0 Å². The first-order chi connectivity index (χ1) is 9.35. The molecule has 1 aliphatic rings. The molecule has 0 aromatic carbocycles. The van der Waals surface area contributed by atoms with Gasteiger partial charge in [0.1, 0.15) is 5.56 Å². The van der Waals surface area contributed by atoms with Gasteiger partial charge in [-0.3, -0.25) is 9.59 Å². The largest absolute Gasteiger partial charge is 0.364 e. The lowest BCUT2D eigenvalue weighted by Gasteiger charge is -2.49. The molecule has 1 saturated carbocycles. The van der Waals surface area contributed by atoms with Crippen molar-refractivity contribution in [3.05, 3.63) is 33.7 Å². The van der Waals surface area contributed by atoms with Crippen molar-refractivity contribution in [2.45, 2.75) is 31.7 Å². The van der Waals surface area contributed by atoms with Crippen LogP contribution in [0.1, 0.15) is 35.3 Å². The lowest BCUT2D eigenvalue weighted by molar-refractivity contribution is 0.0252. The van der Waals surface area contributed by atoms with E-state index in [4.69, 9.17) is 0 Å². The number of hydrogen-bond acceptors (Lipinski definition) is 3. The summed E-state index contributed by atoms with van der Waals surface area (Å²) in [5.74, 6) is -0.209. The van der Waals surface area contributed by atoms with E-state index >= 15 is 0 Å².